The van der Waals surface area contributed by atoms with Crippen LogP contribution in [0.25, 0.3) is 0 Å². The van der Waals surface area contributed by atoms with Crippen LogP contribution in [0.15, 0.2) is 16.3 Å². The molecule has 0 radical (unpaired) electrons. The molecule has 2 aliphatic heterocycles. The third-order valence-corrected chi connectivity index (χ3v) is 7.92. The lowest BCUT2D eigenvalue weighted by Crippen LogP contribution is -2.46. The molecule has 1 aromatic rings. The third-order valence-electron chi connectivity index (χ3n) is 4.36. The molecule has 1 aromatic heterocycles. The number of sulfonamides is 1. The maximum absolute atomic E-state index is 12.6. The topological polar surface area (TPSA) is 66.6 Å². The largest absolute Gasteiger partial charge is 0.328 e. The molecule has 2 saturated heterocycles. The molecule has 21 heavy (non-hydrogen) atoms. The molecular weight excluding hydrogens is 330 g/mol. The second-order valence-electron chi connectivity index (χ2n) is 5.74. The summed E-state index contributed by atoms with van der Waals surface area (Å²) in [6, 6.07) is 3.85. The Morgan fingerprint density at radius 2 is 1.90 bits per heavy atom. The lowest BCUT2D eigenvalue weighted by molar-refractivity contribution is 0.159. The second kappa shape index (κ2) is 6.14. The molecule has 1 unspecified atom stereocenters. The zero-order valence-corrected chi connectivity index (χ0v) is 14.1. The number of hydrogen-bond donors (Lipinski definition) is 1. The highest BCUT2D eigenvalue weighted by Crippen LogP contribution is 2.31. The predicted octanol–water partition coefficient (Wildman–Crippen LogP) is 1.59. The Labute approximate surface area is 134 Å². The minimum atomic E-state index is -3.38. The van der Waals surface area contributed by atoms with Crippen molar-refractivity contribution in [3.05, 3.63) is 16.5 Å². The van der Waals surface area contributed by atoms with Crippen molar-refractivity contribution in [2.75, 3.05) is 26.2 Å². The van der Waals surface area contributed by atoms with Crippen LogP contribution in [0.2, 0.25) is 4.34 Å². The number of thiophene rings is 1. The van der Waals surface area contributed by atoms with Crippen LogP contribution >= 0.6 is 22.9 Å². The molecule has 0 amide bonds. The zero-order chi connectivity index (χ0) is 15.0. The van der Waals surface area contributed by atoms with Gasteiger partial charge in [0.05, 0.1) is 4.34 Å². The molecule has 118 valence electrons. The van der Waals surface area contributed by atoms with Crippen LogP contribution in [0.1, 0.15) is 19.3 Å². The minimum Gasteiger partial charge on any atom is -0.328 e. The van der Waals surface area contributed by atoms with Gasteiger partial charge in [-0.15, -0.1) is 11.3 Å². The van der Waals surface area contributed by atoms with Crippen molar-refractivity contribution >= 4 is 33.0 Å². The Morgan fingerprint density at radius 3 is 2.52 bits per heavy atom. The summed E-state index contributed by atoms with van der Waals surface area (Å²) in [6.45, 7) is 3.12. The Kier molecular flexibility index (Phi) is 4.59. The van der Waals surface area contributed by atoms with Gasteiger partial charge in [-0.25, -0.2) is 8.42 Å². The summed E-state index contributed by atoms with van der Waals surface area (Å²) >= 11 is 6.98. The van der Waals surface area contributed by atoms with E-state index >= 15 is 0 Å². The Morgan fingerprint density at radius 1 is 1.19 bits per heavy atom. The normalized spacial score (nSPS) is 26.5. The molecule has 2 N–H and O–H groups in total. The van der Waals surface area contributed by atoms with E-state index in [9.17, 15) is 8.42 Å². The van der Waals surface area contributed by atoms with Gasteiger partial charge in [-0.05, 0) is 44.5 Å². The fourth-order valence-electron chi connectivity index (χ4n) is 3.08. The van der Waals surface area contributed by atoms with Gasteiger partial charge in [0.1, 0.15) is 4.21 Å². The SMILES string of the molecule is NC1CCN(C2CCN(S(=O)(=O)c3ccc(Cl)s3)C2)CC1. The molecule has 2 aliphatic rings. The van der Waals surface area contributed by atoms with E-state index in [0.29, 0.717) is 33.7 Å². The second-order valence-corrected chi connectivity index (χ2v) is 9.62. The highest BCUT2D eigenvalue weighted by molar-refractivity contribution is 7.91. The molecule has 0 aliphatic carbocycles. The summed E-state index contributed by atoms with van der Waals surface area (Å²) in [5, 5.41) is 0. The van der Waals surface area contributed by atoms with Crippen LogP contribution in [0, 0.1) is 0 Å². The number of hydrogen-bond acceptors (Lipinski definition) is 5. The average Bonchev–Trinajstić information content (AvgIpc) is 3.09. The first-order valence-electron chi connectivity index (χ1n) is 7.22. The van der Waals surface area contributed by atoms with Crippen LogP contribution in [-0.4, -0.2) is 55.9 Å². The van der Waals surface area contributed by atoms with E-state index in [4.69, 9.17) is 17.3 Å². The number of piperidine rings is 1. The molecule has 1 atom stereocenters. The standard InChI is InChI=1S/C13H20ClN3O2S2/c14-12-1-2-13(20-12)21(18,19)17-8-5-11(9-17)16-6-3-10(15)4-7-16/h1-2,10-11H,3-9,15H2. The van der Waals surface area contributed by atoms with Crippen LogP contribution < -0.4 is 5.73 Å². The van der Waals surface area contributed by atoms with Crippen molar-refractivity contribution in [1.29, 1.82) is 0 Å². The summed E-state index contributed by atoms with van der Waals surface area (Å²) in [4.78, 5) is 2.39. The van der Waals surface area contributed by atoms with Crippen LogP contribution in [0.4, 0.5) is 0 Å². The molecule has 0 aromatic carbocycles. The van der Waals surface area contributed by atoms with E-state index in [0.717, 1.165) is 43.7 Å². The van der Waals surface area contributed by atoms with E-state index < -0.39 is 10.0 Å². The maximum Gasteiger partial charge on any atom is 0.252 e. The first kappa shape index (κ1) is 15.7. The first-order valence-corrected chi connectivity index (χ1v) is 9.85. The molecule has 3 heterocycles. The number of nitrogens with zero attached hydrogens (tertiary/aromatic N) is 2. The Hall–Kier alpha value is -0.180. The van der Waals surface area contributed by atoms with Crippen molar-refractivity contribution in [3.8, 4) is 0 Å². The fourth-order valence-corrected chi connectivity index (χ4v) is 6.20. The average molecular weight is 350 g/mol. The summed E-state index contributed by atoms with van der Waals surface area (Å²) in [5.74, 6) is 0. The van der Waals surface area contributed by atoms with Gasteiger partial charge in [0, 0.05) is 25.2 Å². The Balaban J connectivity index is 1.66. The lowest BCUT2D eigenvalue weighted by atomic mass is 10.0. The Bertz CT molecular complexity index is 596. The van der Waals surface area contributed by atoms with Crippen LogP contribution in [0.3, 0.4) is 0 Å². The maximum atomic E-state index is 12.6. The van der Waals surface area contributed by atoms with Crippen molar-refractivity contribution in [2.24, 2.45) is 5.73 Å². The summed E-state index contributed by atoms with van der Waals surface area (Å²) in [7, 11) is -3.38. The van der Waals surface area contributed by atoms with E-state index in [1.807, 2.05) is 0 Å². The van der Waals surface area contributed by atoms with E-state index in [2.05, 4.69) is 4.90 Å². The van der Waals surface area contributed by atoms with Gasteiger partial charge < -0.3 is 5.73 Å². The van der Waals surface area contributed by atoms with Crippen LogP contribution in [0.5, 0.6) is 0 Å². The fraction of sp³-hybridized carbons (Fsp3) is 0.692. The molecule has 8 heteroatoms. The monoisotopic (exact) mass is 349 g/mol. The van der Waals surface area contributed by atoms with Gasteiger partial charge in [-0.3, -0.25) is 4.90 Å². The molecule has 5 nitrogen and oxygen atoms in total. The quantitative estimate of drug-likeness (QED) is 0.899. The van der Waals surface area contributed by atoms with Crippen molar-refractivity contribution in [3.63, 3.8) is 0 Å². The van der Waals surface area contributed by atoms with E-state index in [-0.39, 0.29) is 0 Å². The summed E-state index contributed by atoms with van der Waals surface area (Å²) in [6.07, 6.45) is 2.90. The first-order chi connectivity index (χ1) is 9.96. The van der Waals surface area contributed by atoms with Crippen molar-refractivity contribution in [1.82, 2.24) is 9.21 Å². The van der Waals surface area contributed by atoms with Crippen LogP contribution in [-0.2, 0) is 10.0 Å². The predicted molar refractivity (Wildman–Crippen MR) is 85.3 cm³/mol. The third kappa shape index (κ3) is 3.28. The number of likely N-dealkylation sites (tertiary alicyclic amines) is 1. The summed E-state index contributed by atoms with van der Waals surface area (Å²) in [5.41, 5.74) is 5.93. The number of nitrogens with two attached hydrogens (primary N) is 1. The van der Waals surface area contributed by atoms with Gasteiger partial charge in [0.15, 0.2) is 0 Å². The van der Waals surface area contributed by atoms with Crippen molar-refractivity contribution in [2.45, 2.75) is 35.6 Å². The molecule has 0 spiro atoms. The lowest BCUT2D eigenvalue weighted by Gasteiger charge is -2.34. The molecule has 3 rings (SSSR count). The molecule has 0 bridgehead atoms. The van der Waals surface area contributed by atoms with E-state index in [1.54, 1.807) is 16.4 Å². The molecule has 2 fully saturated rings. The minimum absolute atomic E-state index is 0.302. The van der Waals surface area contributed by atoms with Gasteiger partial charge in [-0.2, -0.15) is 4.31 Å². The highest BCUT2D eigenvalue weighted by Gasteiger charge is 2.36. The molecular formula is C13H20ClN3O2S2. The van der Waals surface area contributed by atoms with Crippen molar-refractivity contribution < 1.29 is 8.42 Å². The van der Waals surface area contributed by atoms with Gasteiger partial charge in [-0.1, -0.05) is 11.6 Å². The highest BCUT2D eigenvalue weighted by atomic mass is 35.5. The summed E-state index contributed by atoms with van der Waals surface area (Å²) < 4.78 is 27.6. The number of rotatable bonds is 3. The van der Waals surface area contributed by atoms with Gasteiger partial charge >= 0.3 is 0 Å². The van der Waals surface area contributed by atoms with Gasteiger partial charge in [0.2, 0.25) is 0 Å². The molecule has 0 saturated carbocycles. The van der Waals surface area contributed by atoms with E-state index in [1.165, 1.54) is 0 Å². The smallest absolute Gasteiger partial charge is 0.252 e. The number of halogens is 1. The van der Waals surface area contributed by atoms with Gasteiger partial charge in [0.25, 0.3) is 10.0 Å². The zero-order valence-electron chi connectivity index (χ0n) is 11.7.